The molecule has 2 rings (SSSR count). The molecule has 1 aromatic rings. The highest BCUT2D eigenvalue weighted by molar-refractivity contribution is 5.78. The second-order valence-electron chi connectivity index (χ2n) is 5.36. The zero-order chi connectivity index (χ0) is 15.9. The smallest absolute Gasteiger partial charge is 0.234 e. The van der Waals surface area contributed by atoms with Gasteiger partial charge in [0.15, 0.2) is 0 Å². The first-order chi connectivity index (χ1) is 10.7. The van der Waals surface area contributed by atoms with Gasteiger partial charge in [-0.1, -0.05) is 0 Å². The van der Waals surface area contributed by atoms with E-state index in [-0.39, 0.29) is 5.91 Å². The van der Waals surface area contributed by atoms with E-state index in [0.717, 1.165) is 18.0 Å². The Morgan fingerprint density at radius 2 is 1.77 bits per heavy atom. The van der Waals surface area contributed by atoms with Gasteiger partial charge in [0.2, 0.25) is 5.91 Å². The monoisotopic (exact) mass is 308 g/mol. The third-order valence-electron chi connectivity index (χ3n) is 3.69. The van der Waals surface area contributed by atoms with E-state index in [1.165, 1.54) is 12.8 Å². The van der Waals surface area contributed by atoms with Crippen LogP contribution in [0.1, 0.15) is 18.4 Å². The summed E-state index contributed by atoms with van der Waals surface area (Å²) < 4.78 is 15.9. The summed E-state index contributed by atoms with van der Waals surface area (Å²) in [7, 11) is 4.74. The average molecular weight is 308 g/mol. The van der Waals surface area contributed by atoms with Crippen LogP contribution in [0.25, 0.3) is 0 Å². The van der Waals surface area contributed by atoms with E-state index >= 15 is 0 Å². The lowest BCUT2D eigenvalue weighted by atomic mass is 10.1. The van der Waals surface area contributed by atoms with E-state index in [1.807, 2.05) is 0 Å². The highest BCUT2D eigenvalue weighted by Crippen LogP contribution is 2.33. The van der Waals surface area contributed by atoms with Crippen molar-refractivity contribution in [3.05, 3.63) is 17.7 Å². The van der Waals surface area contributed by atoms with Crippen LogP contribution < -0.4 is 24.8 Å². The standard InChI is InChI=1S/C16H24N2O4/c1-20-12-6-14(21-2)13(15(7-12)22-3)9-18-16(19)10-17-8-11-4-5-11/h6-7,11,17H,4-5,8-10H2,1-3H3,(H,18,19). The molecule has 6 heteroatoms. The molecule has 0 heterocycles. The van der Waals surface area contributed by atoms with Crippen LogP contribution >= 0.6 is 0 Å². The zero-order valence-corrected chi connectivity index (χ0v) is 13.4. The van der Waals surface area contributed by atoms with Gasteiger partial charge in [0.25, 0.3) is 0 Å². The SMILES string of the molecule is COc1cc(OC)c(CNC(=O)CNCC2CC2)c(OC)c1. The molecule has 0 atom stereocenters. The molecule has 0 saturated heterocycles. The van der Waals surface area contributed by atoms with Crippen molar-refractivity contribution in [1.82, 2.24) is 10.6 Å². The molecule has 0 aliphatic heterocycles. The number of methoxy groups -OCH3 is 3. The fourth-order valence-electron chi connectivity index (χ4n) is 2.21. The Hall–Kier alpha value is -1.95. The number of hydrogen-bond donors (Lipinski definition) is 2. The molecule has 1 aliphatic carbocycles. The molecule has 0 radical (unpaired) electrons. The van der Waals surface area contributed by atoms with E-state index in [0.29, 0.717) is 30.3 Å². The largest absolute Gasteiger partial charge is 0.496 e. The van der Waals surface area contributed by atoms with Gasteiger partial charge in [0.05, 0.1) is 40.0 Å². The van der Waals surface area contributed by atoms with E-state index in [1.54, 1.807) is 33.5 Å². The van der Waals surface area contributed by atoms with E-state index < -0.39 is 0 Å². The molecule has 22 heavy (non-hydrogen) atoms. The lowest BCUT2D eigenvalue weighted by Crippen LogP contribution is -2.34. The van der Waals surface area contributed by atoms with E-state index in [9.17, 15) is 4.79 Å². The number of carbonyl (C=O) groups is 1. The van der Waals surface area contributed by atoms with Crippen LogP contribution in [0.2, 0.25) is 0 Å². The Balaban J connectivity index is 1.93. The minimum absolute atomic E-state index is 0.0411. The number of rotatable bonds is 9. The molecule has 0 aromatic heterocycles. The van der Waals surface area contributed by atoms with Crippen molar-refractivity contribution < 1.29 is 19.0 Å². The van der Waals surface area contributed by atoms with Gasteiger partial charge in [-0.15, -0.1) is 0 Å². The third kappa shape index (κ3) is 4.53. The van der Waals surface area contributed by atoms with Gasteiger partial charge in [-0.2, -0.15) is 0 Å². The minimum atomic E-state index is -0.0411. The lowest BCUT2D eigenvalue weighted by molar-refractivity contribution is -0.120. The van der Waals surface area contributed by atoms with Gasteiger partial charge in [-0.05, 0) is 25.3 Å². The quantitative estimate of drug-likeness (QED) is 0.720. The second kappa shape index (κ2) is 7.89. The van der Waals surface area contributed by atoms with Crippen LogP contribution in [-0.4, -0.2) is 40.3 Å². The van der Waals surface area contributed by atoms with Gasteiger partial charge in [-0.3, -0.25) is 4.79 Å². The summed E-state index contributed by atoms with van der Waals surface area (Å²) in [6.45, 7) is 1.60. The fraction of sp³-hybridized carbons (Fsp3) is 0.562. The number of nitrogens with one attached hydrogen (secondary N) is 2. The fourth-order valence-corrected chi connectivity index (χ4v) is 2.21. The normalized spacial score (nSPS) is 13.6. The van der Waals surface area contributed by atoms with Crippen LogP contribution in [0.4, 0.5) is 0 Å². The molecule has 6 nitrogen and oxygen atoms in total. The molecule has 122 valence electrons. The summed E-state index contributed by atoms with van der Waals surface area (Å²) in [6, 6.07) is 3.55. The Labute approximate surface area is 131 Å². The second-order valence-corrected chi connectivity index (χ2v) is 5.36. The van der Waals surface area contributed by atoms with Crippen LogP contribution in [0.3, 0.4) is 0 Å². The number of amides is 1. The summed E-state index contributed by atoms with van der Waals surface area (Å²) in [4.78, 5) is 11.9. The zero-order valence-electron chi connectivity index (χ0n) is 13.4. The van der Waals surface area contributed by atoms with E-state index in [2.05, 4.69) is 10.6 Å². The van der Waals surface area contributed by atoms with Gasteiger partial charge >= 0.3 is 0 Å². The summed E-state index contributed by atoms with van der Waals surface area (Å²) in [5.41, 5.74) is 0.793. The maximum atomic E-state index is 11.9. The van der Waals surface area contributed by atoms with Crippen molar-refractivity contribution >= 4 is 5.91 Å². The minimum Gasteiger partial charge on any atom is -0.496 e. The molecule has 0 spiro atoms. The first kappa shape index (κ1) is 16.4. The predicted molar refractivity (Wildman–Crippen MR) is 83.5 cm³/mol. The van der Waals surface area contributed by atoms with Crippen molar-refractivity contribution in [2.24, 2.45) is 5.92 Å². The van der Waals surface area contributed by atoms with E-state index in [4.69, 9.17) is 14.2 Å². The molecule has 1 fully saturated rings. The van der Waals surface area contributed by atoms with Crippen molar-refractivity contribution in [3.8, 4) is 17.2 Å². The van der Waals surface area contributed by atoms with Crippen molar-refractivity contribution in [2.75, 3.05) is 34.4 Å². The van der Waals surface area contributed by atoms with Gasteiger partial charge in [0, 0.05) is 12.1 Å². The Kier molecular flexibility index (Phi) is 5.89. The lowest BCUT2D eigenvalue weighted by Gasteiger charge is -2.15. The third-order valence-corrected chi connectivity index (χ3v) is 3.69. The number of ether oxygens (including phenoxy) is 3. The molecule has 1 saturated carbocycles. The summed E-state index contributed by atoms with van der Waals surface area (Å²) in [6.07, 6.45) is 2.55. The summed E-state index contributed by atoms with van der Waals surface area (Å²) in [5.74, 6) is 2.62. The van der Waals surface area contributed by atoms with Crippen molar-refractivity contribution in [2.45, 2.75) is 19.4 Å². The molecule has 0 bridgehead atoms. The average Bonchev–Trinajstić information content (AvgIpc) is 3.36. The first-order valence-electron chi connectivity index (χ1n) is 7.44. The number of benzene rings is 1. The van der Waals surface area contributed by atoms with Gasteiger partial charge < -0.3 is 24.8 Å². The van der Waals surface area contributed by atoms with Crippen LogP contribution in [0.5, 0.6) is 17.2 Å². The highest BCUT2D eigenvalue weighted by Gasteiger charge is 2.20. The van der Waals surface area contributed by atoms with Crippen molar-refractivity contribution in [1.29, 1.82) is 0 Å². The first-order valence-corrected chi connectivity index (χ1v) is 7.44. The highest BCUT2D eigenvalue weighted by atomic mass is 16.5. The molecule has 1 amide bonds. The molecule has 0 unspecified atom stereocenters. The van der Waals surface area contributed by atoms with Crippen LogP contribution in [0, 0.1) is 5.92 Å². The Morgan fingerprint density at radius 3 is 2.27 bits per heavy atom. The van der Waals surface area contributed by atoms with Crippen LogP contribution in [-0.2, 0) is 11.3 Å². The molecular formula is C16H24N2O4. The summed E-state index contributed by atoms with van der Waals surface area (Å²) in [5, 5.41) is 6.04. The number of hydrogen-bond acceptors (Lipinski definition) is 5. The Morgan fingerprint density at radius 1 is 1.14 bits per heavy atom. The maximum absolute atomic E-state index is 11.9. The van der Waals surface area contributed by atoms with Crippen molar-refractivity contribution in [3.63, 3.8) is 0 Å². The maximum Gasteiger partial charge on any atom is 0.234 e. The van der Waals surface area contributed by atoms with Crippen LogP contribution in [0.15, 0.2) is 12.1 Å². The Bertz CT molecular complexity index is 490. The van der Waals surface area contributed by atoms with Gasteiger partial charge in [-0.25, -0.2) is 0 Å². The van der Waals surface area contributed by atoms with Gasteiger partial charge in [0.1, 0.15) is 17.2 Å². The molecular weight excluding hydrogens is 284 g/mol. The molecule has 1 aromatic carbocycles. The predicted octanol–water partition coefficient (Wildman–Crippen LogP) is 1.33. The number of carbonyl (C=O) groups excluding carboxylic acids is 1. The molecule has 2 N–H and O–H groups in total. The topological polar surface area (TPSA) is 68.8 Å². The molecule has 1 aliphatic rings. The summed E-state index contributed by atoms with van der Waals surface area (Å²) >= 11 is 0.